The number of carbonyl (C=O) groups excluding carboxylic acids is 1. The number of halogens is 8. The molecule has 0 radical (unpaired) electrons. The second kappa shape index (κ2) is 9.21. The van der Waals surface area contributed by atoms with Gasteiger partial charge in [0.1, 0.15) is 6.54 Å². The number of aliphatic carboxylic acids is 1. The van der Waals surface area contributed by atoms with E-state index in [2.05, 4.69) is 6.92 Å². The summed E-state index contributed by atoms with van der Waals surface area (Å²) in [6.07, 6.45) is -4.33. The number of alkyl halides is 8. The van der Waals surface area contributed by atoms with E-state index in [0.29, 0.717) is 44.1 Å². The van der Waals surface area contributed by atoms with Crippen LogP contribution in [0.15, 0.2) is 23.3 Å². The summed E-state index contributed by atoms with van der Waals surface area (Å²) < 4.78 is 106. The Bertz CT molecular complexity index is 1050. The molecule has 38 heavy (non-hydrogen) atoms. The monoisotopic (exact) mass is 557 g/mol. The molecule has 0 unspecified atom stereocenters. The molecule has 1 amide bonds. The van der Waals surface area contributed by atoms with Crippen LogP contribution in [0.25, 0.3) is 0 Å². The van der Waals surface area contributed by atoms with Gasteiger partial charge in [0.05, 0.1) is 6.54 Å². The molecule has 0 bridgehead atoms. The molecule has 4 aliphatic rings. The average molecular weight is 558 g/mol. The third-order valence-electron chi connectivity index (χ3n) is 9.83. The van der Waals surface area contributed by atoms with Crippen molar-refractivity contribution in [2.75, 3.05) is 13.1 Å². The Morgan fingerprint density at radius 1 is 0.974 bits per heavy atom. The Morgan fingerprint density at radius 2 is 1.63 bits per heavy atom. The van der Waals surface area contributed by atoms with Gasteiger partial charge in [-0.25, -0.2) is 4.79 Å². The SMILES string of the molecule is C[C@]12CC[C@H]3[C@@H](CC=C4C=C(C(=O)O)CC[C@@]43C)[C@@H]1CC[C@@H]2C(=O)N(CC(F)(F)F)CC(F)(F)C(F)(F)F. The van der Waals surface area contributed by atoms with Crippen molar-refractivity contribution >= 4 is 11.9 Å². The number of rotatable bonds is 5. The zero-order valence-corrected chi connectivity index (χ0v) is 21.1. The molecule has 0 aromatic rings. The largest absolute Gasteiger partial charge is 0.478 e. The van der Waals surface area contributed by atoms with E-state index in [4.69, 9.17) is 0 Å². The molecular formula is C26H31F8NO3. The van der Waals surface area contributed by atoms with E-state index in [1.165, 1.54) is 0 Å². The van der Waals surface area contributed by atoms with Gasteiger partial charge >= 0.3 is 24.2 Å². The van der Waals surface area contributed by atoms with Crippen LogP contribution in [0.5, 0.6) is 0 Å². The number of carbonyl (C=O) groups is 2. The fourth-order valence-corrected chi connectivity index (χ4v) is 7.88. The van der Waals surface area contributed by atoms with Gasteiger partial charge in [-0.05, 0) is 85.2 Å². The van der Waals surface area contributed by atoms with Crippen LogP contribution < -0.4 is 0 Å². The summed E-state index contributed by atoms with van der Waals surface area (Å²) >= 11 is 0. The minimum Gasteiger partial charge on any atom is -0.478 e. The summed E-state index contributed by atoms with van der Waals surface area (Å²) in [5.41, 5.74) is 0.137. The molecule has 12 heteroatoms. The molecule has 214 valence electrons. The van der Waals surface area contributed by atoms with Gasteiger partial charge in [0.15, 0.2) is 0 Å². The number of carboxylic acid groups (broad SMARTS) is 1. The van der Waals surface area contributed by atoms with E-state index in [1.807, 2.05) is 6.08 Å². The summed E-state index contributed by atoms with van der Waals surface area (Å²) in [7, 11) is 0. The highest BCUT2D eigenvalue weighted by Crippen LogP contribution is 2.66. The Balaban J connectivity index is 1.60. The van der Waals surface area contributed by atoms with E-state index in [9.17, 15) is 49.8 Å². The van der Waals surface area contributed by atoms with Crippen molar-refractivity contribution in [1.29, 1.82) is 0 Å². The fraction of sp³-hybridized carbons (Fsp3) is 0.769. The third-order valence-corrected chi connectivity index (χ3v) is 9.83. The lowest BCUT2D eigenvalue weighted by Gasteiger charge is -2.57. The molecule has 1 N–H and O–H groups in total. The van der Waals surface area contributed by atoms with E-state index in [0.717, 1.165) is 5.57 Å². The number of amides is 1. The van der Waals surface area contributed by atoms with Gasteiger partial charge in [-0.15, -0.1) is 0 Å². The quantitative estimate of drug-likeness (QED) is 0.380. The van der Waals surface area contributed by atoms with E-state index in [1.54, 1.807) is 13.0 Å². The molecular weight excluding hydrogens is 526 g/mol. The van der Waals surface area contributed by atoms with Crippen LogP contribution in [-0.2, 0) is 9.59 Å². The first kappa shape index (κ1) is 28.9. The second-order valence-corrected chi connectivity index (χ2v) is 11.9. The van der Waals surface area contributed by atoms with Gasteiger partial charge < -0.3 is 10.0 Å². The lowest BCUT2D eigenvalue weighted by atomic mass is 9.48. The van der Waals surface area contributed by atoms with Crippen molar-refractivity contribution in [2.24, 2.45) is 34.5 Å². The van der Waals surface area contributed by atoms with Crippen LogP contribution in [0.3, 0.4) is 0 Å². The summed E-state index contributed by atoms with van der Waals surface area (Å²) in [5, 5.41) is 9.40. The van der Waals surface area contributed by atoms with Gasteiger partial charge in [-0.1, -0.05) is 19.9 Å². The van der Waals surface area contributed by atoms with E-state index >= 15 is 0 Å². The van der Waals surface area contributed by atoms with Crippen LogP contribution in [0, 0.1) is 34.5 Å². The smallest absolute Gasteiger partial charge is 0.455 e. The summed E-state index contributed by atoms with van der Waals surface area (Å²) in [6.45, 7) is -0.721. The number of carboxylic acids is 1. The van der Waals surface area contributed by atoms with Crippen molar-refractivity contribution in [3.8, 4) is 0 Å². The molecule has 0 heterocycles. The number of allylic oxidation sites excluding steroid dienone is 3. The molecule has 2 fully saturated rings. The normalized spacial score (nSPS) is 35.4. The van der Waals surface area contributed by atoms with Gasteiger partial charge in [0.2, 0.25) is 5.91 Å². The maximum Gasteiger partial charge on any atom is 0.455 e. The zero-order valence-electron chi connectivity index (χ0n) is 21.1. The zero-order chi connectivity index (χ0) is 28.5. The molecule has 0 aromatic carbocycles. The number of fused-ring (bicyclic) bond motifs is 5. The number of hydrogen-bond acceptors (Lipinski definition) is 2. The van der Waals surface area contributed by atoms with Crippen molar-refractivity contribution in [2.45, 2.75) is 77.1 Å². The van der Waals surface area contributed by atoms with Crippen molar-refractivity contribution in [1.82, 2.24) is 4.90 Å². The van der Waals surface area contributed by atoms with Gasteiger partial charge in [0, 0.05) is 11.5 Å². The summed E-state index contributed by atoms with van der Waals surface area (Å²) in [5.74, 6) is -8.78. The van der Waals surface area contributed by atoms with E-state index < -0.39 is 54.6 Å². The predicted octanol–water partition coefficient (Wildman–Crippen LogP) is 6.77. The molecule has 4 aliphatic carbocycles. The van der Waals surface area contributed by atoms with Gasteiger partial charge in [-0.2, -0.15) is 35.1 Å². The lowest BCUT2D eigenvalue weighted by Crippen LogP contribution is -2.55. The average Bonchev–Trinajstić information content (AvgIpc) is 3.12. The lowest BCUT2D eigenvalue weighted by molar-refractivity contribution is -0.288. The maximum atomic E-state index is 13.8. The third kappa shape index (κ3) is 4.85. The molecule has 6 atom stereocenters. The van der Waals surface area contributed by atoms with E-state index in [-0.39, 0.29) is 34.5 Å². The van der Waals surface area contributed by atoms with Gasteiger partial charge in [0.25, 0.3) is 0 Å². The Hall–Kier alpha value is -2.14. The topological polar surface area (TPSA) is 57.6 Å². The van der Waals surface area contributed by atoms with Crippen LogP contribution in [-0.4, -0.2) is 53.2 Å². The molecule has 0 aromatic heterocycles. The van der Waals surface area contributed by atoms with Crippen molar-refractivity contribution < 1.29 is 49.8 Å². The standard InChI is InChI=1S/C26H31F8NO3/c1-22-9-7-14(21(37)38)11-15(22)3-4-16-17-5-6-19(23(17,2)10-8-18(16)22)20(36)35(13-25(29,30)31)12-24(27,28)26(32,33)34/h3,11,16-19H,4-10,12-13H2,1-2H3,(H,37,38)/t16-,17-,18-,19+,22-,23-/m0/s1. The van der Waals surface area contributed by atoms with Crippen molar-refractivity contribution in [3.05, 3.63) is 23.3 Å². The maximum absolute atomic E-state index is 13.8. The first-order valence-corrected chi connectivity index (χ1v) is 12.7. The summed E-state index contributed by atoms with van der Waals surface area (Å²) in [4.78, 5) is 24.4. The summed E-state index contributed by atoms with van der Waals surface area (Å²) in [6, 6.07) is 0. The molecule has 2 saturated carbocycles. The Morgan fingerprint density at radius 3 is 2.21 bits per heavy atom. The Kier molecular flexibility index (Phi) is 7.00. The minimum absolute atomic E-state index is 0.0489. The Labute approximate surface area is 215 Å². The highest BCUT2D eigenvalue weighted by molar-refractivity contribution is 5.87. The van der Waals surface area contributed by atoms with Crippen LogP contribution >= 0.6 is 0 Å². The molecule has 4 rings (SSSR count). The number of nitrogens with zero attached hydrogens (tertiary/aromatic N) is 1. The highest BCUT2D eigenvalue weighted by atomic mass is 19.4. The molecule has 0 saturated heterocycles. The first-order valence-electron chi connectivity index (χ1n) is 12.7. The second-order valence-electron chi connectivity index (χ2n) is 11.9. The van der Waals surface area contributed by atoms with Crippen LogP contribution in [0.2, 0.25) is 0 Å². The number of hydrogen-bond donors (Lipinski definition) is 1. The predicted molar refractivity (Wildman–Crippen MR) is 120 cm³/mol. The van der Waals surface area contributed by atoms with Gasteiger partial charge in [-0.3, -0.25) is 4.79 Å². The van der Waals surface area contributed by atoms with Crippen LogP contribution in [0.4, 0.5) is 35.1 Å². The molecule has 0 spiro atoms. The van der Waals surface area contributed by atoms with Crippen molar-refractivity contribution in [3.63, 3.8) is 0 Å². The van der Waals surface area contributed by atoms with Crippen LogP contribution in [0.1, 0.15) is 58.8 Å². The highest BCUT2D eigenvalue weighted by Gasteiger charge is 2.63. The first-order chi connectivity index (χ1) is 17.3. The molecule has 4 nitrogen and oxygen atoms in total. The minimum atomic E-state index is -6.09. The molecule has 0 aliphatic heterocycles. The fourth-order valence-electron chi connectivity index (χ4n) is 7.88.